The molecule has 1 atom stereocenters. The van der Waals surface area contributed by atoms with Gasteiger partial charge in [0.2, 0.25) is 5.13 Å². The Morgan fingerprint density at radius 1 is 1.27 bits per heavy atom. The van der Waals surface area contributed by atoms with Gasteiger partial charge in [0, 0.05) is 29.7 Å². The zero-order chi connectivity index (χ0) is 15.4. The first kappa shape index (κ1) is 14.7. The molecule has 22 heavy (non-hydrogen) atoms. The monoisotopic (exact) mass is 313 g/mol. The topological polar surface area (TPSA) is 55.6 Å². The van der Waals surface area contributed by atoms with Crippen LogP contribution in [0.15, 0.2) is 42.7 Å². The molecule has 0 aliphatic carbocycles. The highest BCUT2D eigenvalue weighted by atomic mass is 32.1. The first-order valence-electron chi connectivity index (χ1n) is 7.40. The maximum absolute atomic E-state index is 4.44. The smallest absolute Gasteiger partial charge is 0.203 e. The highest BCUT2D eigenvalue weighted by Crippen LogP contribution is 2.20. The minimum atomic E-state index is 0.155. The van der Waals surface area contributed by atoms with Crippen molar-refractivity contribution in [3.05, 3.63) is 59.7 Å². The van der Waals surface area contributed by atoms with Crippen molar-refractivity contribution >= 4 is 16.7 Å². The number of rotatable bonds is 6. The molecule has 114 valence electrons. The third kappa shape index (κ3) is 3.51. The molecule has 0 amide bonds. The maximum Gasteiger partial charge on any atom is 0.203 e. The van der Waals surface area contributed by atoms with E-state index in [2.05, 4.69) is 52.0 Å². The van der Waals surface area contributed by atoms with Gasteiger partial charge in [0.1, 0.15) is 5.82 Å². The molecule has 3 rings (SSSR count). The molecule has 0 radical (unpaired) electrons. The normalized spacial score (nSPS) is 12.3. The zero-order valence-corrected chi connectivity index (χ0v) is 13.5. The first-order chi connectivity index (χ1) is 10.7. The van der Waals surface area contributed by atoms with Crippen LogP contribution in [0.2, 0.25) is 0 Å². The predicted molar refractivity (Wildman–Crippen MR) is 89.1 cm³/mol. The van der Waals surface area contributed by atoms with Gasteiger partial charge in [-0.2, -0.15) is 9.47 Å². The molecule has 1 unspecified atom stereocenters. The third-order valence-electron chi connectivity index (χ3n) is 3.46. The van der Waals surface area contributed by atoms with Crippen LogP contribution >= 0.6 is 11.5 Å². The van der Waals surface area contributed by atoms with Crippen molar-refractivity contribution in [1.29, 1.82) is 0 Å². The Morgan fingerprint density at radius 3 is 2.82 bits per heavy atom. The van der Waals surface area contributed by atoms with Crippen molar-refractivity contribution in [2.75, 3.05) is 5.32 Å². The van der Waals surface area contributed by atoms with E-state index in [1.807, 2.05) is 29.1 Å². The van der Waals surface area contributed by atoms with E-state index < -0.39 is 0 Å². The molecule has 1 N–H and O–H groups in total. The van der Waals surface area contributed by atoms with Crippen LogP contribution in [0.25, 0.3) is 0 Å². The van der Waals surface area contributed by atoms with Crippen molar-refractivity contribution in [2.24, 2.45) is 0 Å². The van der Waals surface area contributed by atoms with Crippen LogP contribution in [0.1, 0.15) is 36.8 Å². The van der Waals surface area contributed by atoms with Gasteiger partial charge < -0.3 is 5.32 Å². The number of nitrogens with one attached hydrogen (secondary N) is 1. The second-order valence-corrected chi connectivity index (χ2v) is 5.94. The van der Waals surface area contributed by atoms with Crippen LogP contribution in [0.3, 0.4) is 0 Å². The van der Waals surface area contributed by atoms with Gasteiger partial charge in [-0.25, -0.2) is 4.98 Å². The number of hydrogen-bond acceptors (Lipinski definition) is 5. The van der Waals surface area contributed by atoms with E-state index in [0.717, 1.165) is 29.5 Å². The average molecular weight is 313 g/mol. The van der Waals surface area contributed by atoms with Gasteiger partial charge in [-0.3, -0.25) is 4.68 Å². The summed E-state index contributed by atoms with van der Waals surface area (Å²) in [6.07, 6.45) is 4.84. The molecule has 0 bridgehead atoms. The molecule has 0 aliphatic heterocycles. The summed E-state index contributed by atoms with van der Waals surface area (Å²) in [5, 5.41) is 8.68. The minimum absolute atomic E-state index is 0.155. The molecule has 0 spiro atoms. The predicted octanol–water partition coefficient (Wildman–Crippen LogP) is 3.52. The fourth-order valence-electron chi connectivity index (χ4n) is 2.18. The maximum atomic E-state index is 4.44. The van der Waals surface area contributed by atoms with E-state index in [1.165, 1.54) is 17.1 Å². The zero-order valence-electron chi connectivity index (χ0n) is 12.7. The fraction of sp³-hybridized carbons (Fsp3) is 0.312. The van der Waals surface area contributed by atoms with Gasteiger partial charge in [-0.15, -0.1) is 0 Å². The standard InChI is InChI=1S/C16H19N5S/c1-3-15-19-16(22-20-15)18-12(2)14-9-17-21(11-14)10-13-7-5-4-6-8-13/h4-9,11-12H,3,10H2,1-2H3,(H,18,19,20). The molecule has 0 fully saturated rings. The molecular formula is C16H19N5S. The number of benzene rings is 1. The van der Waals surface area contributed by atoms with E-state index in [4.69, 9.17) is 0 Å². The van der Waals surface area contributed by atoms with Gasteiger partial charge in [0.15, 0.2) is 0 Å². The van der Waals surface area contributed by atoms with Crippen LogP contribution in [0.4, 0.5) is 5.13 Å². The summed E-state index contributed by atoms with van der Waals surface area (Å²) in [5.74, 6) is 0.888. The molecule has 5 nitrogen and oxygen atoms in total. The van der Waals surface area contributed by atoms with Crippen molar-refractivity contribution in [1.82, 2.24) is 19.1 Å². The molecule has 0 saturated heterocycles. The molecule has 6 heteroatoms. The molecule has 0 saturated carbocycles. The summed E-state index contributed by atoms with van der Waals surface area (Å²) >= 11 is 1.41. The lowest BCUT2D eigenvalue weighted by atomic mass is 10.2. The third-order valence-corrected chi connectivity index (χ3v) is 4.15. The van der Waals surface area contributed by atoms with Gasteiger partial charge in [-0.1, -0.05) is 37.3 Å². The second-order valence-electron chi connectivity index (χ2n) is 5.19. The molecule has 3 aromatic rings. The number of aryl methyl sites for hydroxylation is 1. The molecular weight excluding hydrogens is 294 g/mol. The Labute approximate surface area is 134 Å². The van der Waals surface area contributed by atoms with Crippen molar-refractivity contribution in [3.8, 4) is 0 Å². The van der Waals surface area contributed by atoms with Crippen LogP contribution in [-0.2, 0) is 13.0 Å². The van der Waals surface area contributed by atoms with E-state index >= 15 is 0 Å². The van der Waals surface area contributed by atoms with Gasteiger partial charge in [-0.05, 0) is 12.5 Å². The van der Waals surface area contributed by atoms with Crippen molar-refractivity contribution < 1.29 is 0 Å². The SMILES string of the molecule is CCc1nsc(NC(C)c2cnn(Cc3ccccc3)c2)n1. The summed E-state index contributed by atoms with van der Waals surface area (Å²) in [6.45, 7) is 4.95. The lowest BCUT2D eigenvalue weighted by molar-refractivity contribution is 0.685. The number of hydrogen-bond donors (Lipinski definition) is 1. The van der Waals surface area contributed by atoms with E-state index in [9.17, 15) is 0 Å². The highest BCUT2D eigenvalue weighted by Gasteiger charge is 2.11. The molecule has 2 aromatic heterocycles. The Bertz CT molecular complexity index is 719. The highest BCUT2D eigenvalue weighted by molar-refractivity contribution is 7.09. The van der Waals surface area contributed by atoms with Crippen LogP contribution in [0.5, 0.6) is 0 Å². The Hall–Kier alpha value is -2.21. The van der Waals surface area contributed by atoms with E-state index in [-0.39, 0.29) is 6.04 Å². The summed E-state index contributed by atoms with van der Waals surface area (Å²) in [5.41, 5.74) is 2.39. The lowest BCUT2D eigenvalue weighted by Crippen LogP contribution is -2.06. The second kappa shape index (κ2) is 6.70. The number of nitrogens with zero attached hydrogens (tertiary/aromatic N) is 4. The van der Waals surface area contributed by atoms with Gasteiger partial charge in [0.25, 0.3) is 0 Å². The van der Waals surface area contributed by atoms with Crippen LogP contribution in [-0.4, -0.2) is 19.1 Å². The molecule has 2 heterocycles. The quantitative estimate of drug-likeness (QED) is 0.756. The summed E-state index contributed by atoms with van der Waals surface area (Å²) in [4.78, 5) is 4.44. The van der Waals surface area contributed by atoms with Gasteiger partial charge >= 0.3 is 0 Å². The van der Waals surface area contributed by atoms with Crippen molar-refractivity contribution in [2.45, 2.75) is 32.9 Å². The van der Waals surface area contributed by atoms with E-state index in [0.29, 0.717) is 0 Å². The van der Waals surface area contributed by atoms with Crippen LogP contribution in [0, 0.1) is 0 Å². The van der Waals surface area contributed by atoms with Gasteiger partial charge in [0.05, 0.1) is 18.8 Å². The Morgan fingerprint density at radius 2 is 2.09 bits per heavy atom. The van der Waals surface area contributed by atoms with E-state index in [1.54, 1.807) is 0 Å². The largest absolute Gasteiger partial charge is 0.354 e. The first-order valence-corrected chi connectivity index (χ1v) is 8.17. The number of aromatic nitrogens is 4. The lowest BCUT2D eigenvalue weighted by Gasteiger charge is -2.09. The number of anilines is 1. The molecule has 1 aromatic carbocycles. The molecule has 0 aliphatic rings. The van der Waals surface area contributed by atoms with Crippen LogP contribution < -0.4 is 5.32 Å². The average Bonchev–Trinajstić information content (AvgIpc) is 3.17. The Kier molecular flexibility index (Phi) is 4.48. The summed E-state index contributed by atoms with van der Waals surface area (Å²) in [6, 6.07) is 10.5. The summed E-state index contributed by atoms with van der Waals surface area (Å²) < 4.78 is 6.25. The minimum Gasteiger partial charge on any atom is -0.354 e. The van der Waals surface area contributed by atoms with Crippen molar-refractivity contribution in [3.63, 3.8) is 0 Å². The summed E-state index contributed by atoms with van der Waals surface area (Å²) in [7, 11) is 0. The Balaban J connectivity index is 1.65. The fourth-order valence-corrected chi connectivity index (χ4v) is 2.92.